The lowest BCUT2D eigenvalue weighted by atomic mass is 10.1. The topological polar surface area (TPSA) is 118 Å². The minimum absolute atomic E-state index is 0.0436. The molecule has 0 saturated carbocycles. The number of hydrogen-bond donors (Lipinski definition) is 3. The summed E-state index contributed by atoms with van der Waals surface area (Å²) in [6.07, 6.45) is 6.53. The maximum atomic E-state index is 12.9. The maximum absolute atomic E-state index is 12.9. The molecule has 1 aliphatic rings. The summed E-state index contributed by atoms with van der Waals surface area (Å²) in [5.41, 5.74) is 0.165. The zero-order chi connectivity index (χ0) is 28.1. The number of unbranched alkanes of at least 4 members (excludes halogenated alkanes) is 1. The van der Waals surface area contributed by atoms with Crippen LogP contribution in [0.1, 0.15) is 61.8 Å². The van der Waals surface area contributed by atoms with E-state index in [0.717, 1.165) is 47.7 Å². The van der Waals surface area contributed by atoms with Gasteiger partial charge in [0.25, 0.3) is 0 Å². The third-order valence-electron chi connectivity index (χ3n) is 5.50. The first-order chi connectivity index (χ1) is 18.7. The van der Waals surface area contributed by atoms with E-state index in [4.69, 9.17) is 9.47 Å². The van der Waals surface area contributed by atoms with Crippen LogP contribution in [0.4, 0.5) is 4.79 Å². The van der Waals surface area contributed by atoms with Gasteiger partial charge in [-0.15, -0.1) is 11.3 Å². The lowest BCUT2D eigenvalue weighted by Crippen LogP contribution is -2.45. The van der Waals surface area contributed by atoms with Gasteiger partial charge in [-0.2, -0.15) is 0 Å². The summed E-state index contributed by atoms with van der Waals surface area (Å²) in [5, 5.41) is 8.55. The van der Waals surface area contributed by atoms with E-state index in [0.29, 0.717) is 12.4 Å². The molecule has 2 aromatic rings. The van der Waals surface area contributed by atoms with Crippen molar-refractivity contribution in [3.8, 4) is 0 Å². The van der Waals surface area contributed by atoms with Gasteiger partial charge in [0, 0.05) is 35.7 Å². The molecule has 1 atom stereocenters. The van der Waals surface area contributed by atoms with Crippen molar-refractivity contribution in [1.82, 2.24) is 16.0 Å². The fourth-order valence-electron chi connectivity index (χ4n) is 3.66. The summed E-state index contributed by atoms with van der Waals surface area (Å²) >= 11 is 1.53. The van der Waals surface area contributed by atoms with E-state index < -0.39 is 23.7 Å². The SMILES string of the molecule is CC(C)(C)OC(=O)[C@H](Cc1ccc(C=CCCCC(=O)NC2=NCCCN2)s1)NC(=O)OCc1ccccc1. The van der Waals surface area contributed by atoms with Crippen LogP contribution in [-0.2, 0) is 32.1 Å². The highest BCUT2D eigenvalue weighted by atomic mass is 32.1. The van der Waals surface area contributed by atoms with E-state index in [9.17, 15) is 14.4 Å². The molecule has 1 aromatic carbocycles. The Bertz CT molecular complexity index is 1150. The highest BCUT2D eigenvalue weighted by Crippen LogP contribution is 2.21. The monoisotopic (exact) mass is 554 g/mol. The number of rotatable bonds is 11. The van der Waals surface area contributed by atoms with Crippen LogP contribution in [0.5, 0.6) is 0 Å². The molecule has 0 saturated heterocycles. The summed E-state index contributed by atoms with van der Waals surface area (Å²) in [6.45, 7) is 7.03. The molecular weight excluding hydrogens is 516 g/mol. The number of nitrogens with zero attached hydrogens (tertiary/aromatic N) is 1. The standard InChI is InChI=1S/C29H38N4O5S/c1-29(2,3)38-26(35)24(32-28(36)37-20-21-11-6-4-7-12-21)19-23-16-15-22(39-23)13-8-5-9-14-25(34)33-27-30-17-10-18-31-27/h4,6-8,11-13,15-16,24H,5,9-10,14,17-20H2,1-3H3,(H,32,36)(H2,30,31,33,34)/t24-/m0/s1. The first-order valence-corrected chi connectivity index (χ1v) is 14.0. The fraction of sp³-hybridized carbons (Fsp3) is 0.448. The molecular formula is C29H38N4O5S. The smallest absolute Gasteiger partial charge is 0.408 e. The quantitative estimate of drug-likeness (QED) is 0.277. The third-order valence-corrected chi connectivity index (χ3v) is 6.57. The summed E-state index contributed by atoms with van der Waals surface area (Å²) in [4.78, 5) is 43.6. The fourth-order valence-corrected chi connectivity index (χ4v) is 4.65. The van der Waals surface area contributed by atoms with Gasteiger partial charge >= 0.3 is 12.1 Å². The van der Waals surface area contributed by atoms with E-state index in [2.05, 4.69) is 20.9 Å². The molecule has 1 aromatic heterocycles. The van der Waals surface area contributed by atoms with Crippen LogP contribution in [-0.4, -0.2) is 48.7 Å². The number of amides is 2. The van der Waals surface area contributed by atoms with E-state index in [-0.39, 0.29) is 18.9 Å². The number of esters is 1. The van der Waals surface area contributed by atoms with E-state index in [1.165, 1.54) is 11.3 Å². The lowest BCUT2D eigenvalue weighted by molar-refractivity contribution is -0.157. The van der Waals surface area contributed by atoms with Crippen LogP contribution in [0.25, 0.3) is 6.08 Å². The first kappa shape index (κ1) is 29.9. The van der Waals surface area contributed by atoms with Crippen LogP contribution in [0.15, 0.2) is 53.5 Å². The van der Waals surface area contributed by atoms with Crippen molar-refractivity contribution < 1.29 is 23.9 Å². The molecule has 10 heteroatoms. The average molecular weight is 555 g/mol. The first-order valence-electron chi connectivity index (χ1n) is 13.2. The Labute approximate surface area is 234 Å². The Kier molecular flexibility index (Phi) is 11.5. The van der Waals surface area contributed by atoms with Crippen LogP contribution >= 0.6 is 11.3 Å². The van der Waals surface area contributed by atoms with Gasteiger partial charge in [-0.05, 0) is 63.8 Å². The number of benzene rings is 1. The summed E-state index contributed by atoms with van der Waals surface area (Å²) in [7, 11) is 0. The highest BCUT2D eigenvalue weighted by Gasteiger charge is 2.28. The van der Waals surface area contributed by atoms with Crippen molar-refractivity contribution in [1.29, 1.82) is 0 Å². The second kappa shape index (κ2) is 15.1. The van der Waals surface area contributed by atoms with E-state index in [1.807, 2.05) is 54.6 Å². The van der Waals surface area contributed by atoms with Gasteiger partial charge in [-0.25, -0.2) is 9.59 Å². The number of alkyl carbamates (subject to hydrolysis) is 1. The number of aliphatic imine (C=N–C) groups is 1. The molecule has 2 heterocycles. The molecule has 0 bridgehead atoms. The molecule has 0 unspecified atom stereocenters. The van der Waals surface area contributed by atoms with Gasteiger partial charge in [0.15, 0.2) is 5.96 Å². The Hall–Kier alpha value is -3.66. The maximum Gasteiger partial charge on any atom is 0.408 e. The van der Waals surface area contributed by atoms with Crippen molar-refractivity contribution in [2.75, 3.05) is 13.1 Å². The number of carbonyl (C=O) groups excluding carboxylic acids is 3. The van der Waals surface area contributed by atoms with E-state index in [1.54, 1.807) is 20.8 Å². The normalized spacial score (nSPS) is 14.2. The molecule has 0 fully saturated rings. The van der Waals surface area contributed by atoms with E-state index >= 15 is 0 Å². The molecule has 0 aliphatic carbocycles. The zero-order valence-electron chi connectivity index (χ0n) is 22.8. The van der Waals surface area contributed by atoms with Gasteiger partial charge < -0.3 is 20.1 Å². The third kappa shape index (κ3) is 11.7. The van der Waals surface area contributed by atoms with Gasteiger partial charge in [-0.3, -0.25) is 15.1 Å². The second-order valence-electron chi connectivity index (χ2n) is 10.2. The molecule has 1 aliphatic heterocycles. The molecule has 2 amide bonds. The van der Waals surface area contributed by atoms with Gasteiger partial charge in [-0.1, -0.05) is 36.4 Å². The number of guanidine groups is 1. The predicted octanol–water partition coefficient (Wildman–Crippen LogP) is 4.58. The largest absolute Gasteiger partial charge is 0.458 e. The number of ether oxygens (including phenoxy) is 2. The van der Waals surface area contributed by atoms with Crippen molar-refractivity contribution in [3.05, 3.63) is 63.9 Å². The molecule has 39 heavy (non-hydrogen) atoms. The van der Waals surface area contributed by atoms with Gasteiger partial charge in [0.2, 0.25) is 5.91 Å². The highest BCUT2D eigenvalue weighted by molar-refractivity contribution is 7.12. The Morgan fingerprint density at radius 3 is 2.67 bits per heavy atom. The summed E-state index contributed by atoms with van der Waals surface area (Å²) in [6, 6.07) is 12.4. The van der Waals surface area contributed by atoms with Crippen molar-refractivity contribution >= 4 is 41.3 Å². The molecule has 0 radical (unpaired) electrons. The number of thiophene rings is 1. The molecule has 3 rings (SSSR count). The summed E-state index contributed by atoms with van der Waals surface area (Å²) < 4.78 is 10.9. The molecule has 3 N–H and O–H groups in total. The van der Waals surface area contributed by atoms with Crippen LogP contribution < -0.4 is 16.0 Å². The number of allylic oxidation sites excluding steroid dienone is 1. The number of hydrogen-bond acceptors (Lipinski definition) is 8. The van der Waals surface area contributed by atoms with Crippen LogP contribution in [0, 0.1) is 0 Å². The van der Waals surface area contributed by atoms with Gasteiger partial charge in [0.1, 0.15) is 18.2 Å². The molecule has 210 valence electrons. The molecule has 9 nitrogen and oxygen atoms in total. The van der Waals surface area contributed by atoms with Crippen LogP contribution in [0.2, 0.25) is 0 Å². The van der Waals surface area contributed by atoms with Crippen molar-refractivity contribution in [2.45, 2.75) is 71.1 Å². The van der Waals surface area contributed by atoms with Crippen LogP contribution in [0.3, 0.4) is 0 Å². The Morgan fingerprint density at radius 1 is 1.15 bits per heavy atom. The average Bonchev–Trinajstić information content (AvgIpc) is 3.34. The zero-order valence-corrected chi connectivity index (χ0v) is 23.6. The minimum atomic E-state index is -0.884. The summed E-state index contributed by atoms with van der Waals surface area (Å²) in [5.74, 6) is 0.00630. The molecule has 0 spiro atoms. The lowest BCUT2D eigenvalue weighted by Gasteiger charge is -2.24. The minimum Gasteiger partial charge on any atom is -0.458 e. The van der Waals surface area contributed by atoms with Crippen molar-refractivity contribution in [2.24, 2.45) is 4.99 Å². The Balaban J connectivity index is 1.49. The van der Waals surface area contributed by atoms with Crippen molar-refractivity contribution in [3.63, 3.8) is 0 Å². The number of nitrogens with one attached hydrogen (secondary N) is 3. The van der Waals surface area contributed by atoms with Gasteiger partial charge in [0.05, 0.1) is 0 Å². The second-order valence-corrected chi connectivity index (χ2v) is 11.4. The Morgan fingerprint density at radius 2 is 1.95 bits per heavy atom. The number of carbonyl (C=O) groups is 3. The predicted molar refractivity (Wildman–Crippen MR) is 153 cm³/mol.